The van der Waals surface area contributed by atoms with E-state index in [1.807, 2.05) is 22.7 Å². The monoisotopic (exact) mass is 780 g/mol. The fourth-order valence-corrected chi connectivity index (χ4v) is 10.5. The Balaban J connectivity index is 0.932. The maximum absolute atomic E-state index is 2.33. The van der Waals surface area contributed by atoms with E-state index in [0.717, 1.165) is 34.1 Å². The molecule has 2 nitrogen and oxygen atoms in total. The molecule has 8 aromatic carbocycles. The van der Waals surface area contributed by atoms with Crippen molar-refractivity contribution in [3.63, 3.8) is 0 Å². The molecule has 0 atom stereocenters. The van der Waals surface area contributed by atoms with Gasteiger partial charge in [0.2, 0.25) is 0 Å². The van der Waals surface area contributed by atoms with E-state index >= 15 is 0 Å². The van der Waals surface area contributed by atoms with E-state index in [9.17, 15) is 0 Å². The van der Waals surface area contributed by atoms with Gasteiger partial charge in [0.25, 0.3) is 0 Å². The Morgan fingerprint density at radius 2 is 0.552 bits per heavy atom. The van der Waals surface area contributed by atoms with Crippen molar-refractivity contribution in [2.24, 2.45) is 0 Å². The third kappa shape index (κ3) is 6.67. The van der Waals surface area contributed by atoms with Crippen LogP contribution in [-0.2, 0) is 0 Å². The molecule has 0 bridgehead atoms. The van der Waals surface area contributed by atoms with Gasteiger partial charge in [-0.2, -0.15) is 0 Å². The van der Waals surface area contributed by atoms with E-state index in [-0.39, 0.29) is 0 Å². The smallest absolute Gasteiger partial charge is 0.0462 e. The number of thiophene rings is 2. The van der Waals surface area contributed by atoms with E-state index in [2.05, 4.69) is 230 Å². The molecule has 2 heterocycles. The van der Waals surface area contributed by atoms with Gasteiger partial charge < -0.3 is 9.80 Å². The molecule has 0 unspecified atom stereocenters. The molecular formula is C54H40N2S2. The zero-order valence-electron chi connectivity index (χ0n) is 32.3. The van der Waals surface area contributed by atoms with Crippen LogP contribution in [0.25, 0.3) is 52.2 Å². The normalized spacial score (nSPS) is 11.3. The first kappa shape index (κ1) is 35.7. The minimum absolute atomic E-state index is 1.11. The Bertz CT molecular complexity index is 2770. The maximum atomic E-state index is 2.33. The highest BCUT2D eigenvalue weighted by atomic mass is 32.1. The quantitative estimate of drug-likeness (QED) is 0.144. The molecule has 2 aromatic heterocycles. The summed E-state index contributed by atoms with van der Waals surface area (Å²) in [7, 11) is 0. The van der Waals surface area contributed by atoms with Crippen molar-refractivity contribution in [2.45, 2.75) is 13.8 Å². The largest absolute Gasteiger partial charge is 0.311 e. The molecular weight excluding hydrogens is 741 g/mol. The predicted molar refractivity (Wildman–Crippen MR) is 252 cm³/mol. The number of anilines is 6. The second-order valence-electron chi connectivity index (χ2n) is 14.6. The number of nitrogens with zero attached hydrogens (tertiary/aromatic N) is 2. The Morgan fingerprint density at radius 3 is 0.879 bits per heavy atom. The summed E-state index contributed by atoms with van der Waals surface area (Å²) in [4.78, 5) is 7.33. The molecule has 0 radical (unpaired) electrons. The van der Waals surface area contributed by atoms with Crippen LogP contribution in [-0.4, -0.2) is 0 Å². The lowest BCUT2D eigenvalue weighted by molar-refractivity contribution is 1.28. The summed E-state index contributed by atoms with van der Waals surface area (Å²) >= 11 is 3.74. The second-order valence-corrected chi connectivity index (χ2v) is 16.7. The Labute approximate surface area is 348 Å². The summed E-state index contributed by atoms with van der Waals surface area (Å²) in [6.45, 7) is 4.47. The number of benzene rings is 8. The van der Waals surface area contributed by atoms with Gasteiger partial charge in [0.15, 0.2) is 0 Å². The molecule has 0 aliphatic carbocycles. The van der Waals surface area contributed by atoms with Crippen molar-refractivity contribution in [1.82, 2.24) is 0 Å². The lowest BCUT2D eigenvalue weighted by Crippen LogP contribution is -2.10. The van der Waals surface area contributed by atoms with Crippen molar-refractivity contribution in [2.75, 3.05) is 9.80 Å². The summed E-state index contributed by atoms with van der Waals surface area (Å²) in [5.74, 6) is 0. The maximum Gasteiger partial charge on any atom is 0.0462 e. The highest BCUT2D eigenvalue weighted by Gasteiger charge is 2.17. The molecule has 278 valence electrons. The number of para-hydroxylation sites is 2. The summed E-state index contributed by atoms with van der Waals surface area (Å²) in [6.07, 6.45) is 0. The van der Waals surface area contributed by atoms with Gasteiger partial charge >= 0.3 is 0 Å². The fraction of sp³-hybridized carbons (Fsp3) is 0.0370. The molecule has 10 aromatic rings. The van der Waals surface area contributed by atoms with Gasteiger partial charge in [-0.15, -0.1) is 22.7 Å². The van der Waals surface area contributed by atoms with Crippen LogP contribution in [0.15, 0.2) is 206 Å². The first-order valence-electron chi connectivity index (χ1n) is 19.7. The van der Waals surface area contributed by atoms with Gasteiger partial charge in [0.05, 0.1) is 0 Å². The van der Waals surface area contributed by atoms with Crippen LogP contribution in [0.1, 0.15) is 11.1 Å². The van der Waals surface area contributed by atoms with Gasteiger partial charge in [0.1, 0.15) is 0 Å². The van der Waals surface area contributed by atoms with Crippen LogP contribution in [0.3, 0.4) is 0 Å². The second kappa shape index (κ2) is 15.3. The highest BCUT2D eigenvalue weighted by molar-refractivity contribution is 7.22. The van der Waals surface area contributed by atoms with Crippen molar-refractivity contribution in [3.8, 4) is 32.0 Å². The number of hydrogen-bond donors (Lipinski definition) is 0. The lowest BCUT2D eigenvalue weighted by atomic mass is 10.0. The molecule has 0 fully saturated rings. The minimum atomic E-state index is 1.11. The standard InChI is InChI=1S/C54H40N2S2/c1-37-49-17-9-11-19-51(49)57-53(37)41-25-33-47(34-26-41)55(43-13-5-3-6-14-43)45-29-21-39(22-30-45)40-23-31-46(32-24-40)56(44-15-7-4-8-16-44)48-35-27-42(28-36-48)54-38(2)50-18-10-12-20-52(50)58-54/h3-36H,1-2H3. The summed E-state index contributed by atoms with van der Waals surface area (Å²) < 4.78 is 2.66. The summed E-state index contributed by atoms with van der Waals surface area (Å²) in [5.41, 5.74) is 14.3. The van der Waals surface area contributed by atoms with Gasteiger partial charge in [-0.05, 0) is 143 Å². The predicted octanol–water partition coefficient (Wildman–Crippen LogP) is 16.7. The molecule has 0 saturated carbocycles. The topological polar surface area (TPSA) is 6.48 Å². The molecule has 0 aliphatic rings. The number of rotatable bonds is 9. The zero-order chi connectivity index (χ0) is 39.0. The van der Waals surface area contributed by atoms with E-state index < -0.39 is 0 Å². The Morgan fingerprint density at radius 1 is 0.276 bits per heavy atom. The minimum Gasteiger partial charge on any atom is -0.311 e. The van der Waals surface area contributed by atoms with Crippen molar-refractivity contribution in [1.29, 1.82) is 0 Å². The third-order valence-corrected chi connectivity index (χ3v) is 13.7. The molecule has 58 heavy (non-hydrogen) atoms. The molecule has 0 N–H and O–H groups in total. The lowest BCUT2D eigenvalue weighted by Gasteiger charge is -2.26. The summed E-state index contributed by atoms with van der Waals surface area (Å²) in [6, 6.07) is 74.5. The number of hydrogen-bond acceptors (Lipinski definition) is 4. The van der Waals surface area contributed by atoms with E-state index in [1.54, 1.807) is 0 Å². The van der Waals surface area contributed by atoms with E-state index in [0.29, 0.717) is 0 Å². The van der Waals surface area contributed by atoms with Crippen LogP contribution >= 0.6 is 22.7 Å². The van der Waals surface area contributed by atoms with Crippen LogP contribution in [0, 0.1) is 13.8 Å². The fourth-order valence-electron chi connectivity index (χ4n) is 8.08. The number of fused-ring (bicyclic) bond motifs is 2. The van der Waals surface area contributed by atoms with Gasteiger partial charge in [-0.1, -0.05) is 121 Å². The molecule has 0 saturated heterocycles. The highest BCUT2D eigenvalue weighted by Crippen LogP contribution is 2.43. The third-order valence-electron chi connectivity index (χ3n) is 11.1. The molecule has 4 heteroatoms. The Hall–Kier alpha value is -6.72. The van der Waals surface area contributed by atoms with Crippen LogP contribution in [0.4, 0.5) is 34.1 Å². The first-order valence-corrected chi connectivity index (χ1v) is 21.3. The molecule has 0 aliphatic heterocycles. The average Bonchev–Trinajstić information content (AvgIpc) is 3.81. The van der Waals surface area contributed by atoms with Crippen molar-refractivity contribution < 1.29 is 0 Å². The average molecular weight is 781 g/mol. The van der Waals surface area contributed by atoms with Gasteiger partial charge in [-0.25, -0.2) is 0 Å². The van der Waals surface area contributed by atoms with Gasteiger partial charge in [-0.3, -0.25) is 0 Å². The van der Waals surface area contributed by atoms with Gasteiger partial charge in [0, 0.05) is 53.3 Å². The number of aryl methyl sites for hydroxylation is 2. The first-order chi connectivity index (χ1) is 28.6. The van der Waals surface area contributed by atoms with Crippen LogP contribution < -0.4 is 9.80 Å². The molecule has 10 rings (SSSR count). The zero-order valence-corrected chi connectivity index (χ0v) is 34.0. The van der Waals surface area contributed by atoms with Crippen molar-refractivity contribution >= 4 is 77.0 Å². The SMILES string of the molecule is Cc1c(-c2ccc(N(c3ccccc3)c3ccc(-c4ccc(N(c5ccccc5)c5ccc(-c6sc7ccccc7c6C)cc5)cc4)cc3)cc2)sc2ccccc12. The van der Waals surface area contributed by atoms with Crippen LogP contribution in [0.2, 0.25) is 0 Å². The van der Waals surface area contributed by atoms with E-state index in [1.165, 1.54) is 63.3 Å². The van der Waals surface area contributed by atoms with Crippen molar-refractivity contribution in [3.05, 3.63) is 217 Å². The summed E-state index contributed by atoms with van der Waals surface area (Å²) in [5, 5.41) is 2.68. The van der Waals surface area contributed by atoms with E-state index in [4.69, 9.17) is 0 Å². The molecule has 0 amide bonds. The van der Waals surface area contributed by atoms with Crippen LogP contribution in [0.5, 0.6) is 0 Å². The molecule has 0 spiro atoms. The Kier molecular flexibility index (Phi) is 9.42.